The number of benzene rings is 1. The molecule has 2 aromatic heterocycles. The number of hydrogen-bond donors (Lipinski definition) is 1. The first-order valence-electron chi connectivity index (χ1n) is 7.02. The lowest BCUT2D eigenvalue weighted by Crippen LogP contribution is -2.19. The van der Waals surface area contributed by atoms with Crippen LogP contribution in [-0.2, 0) is 0 Å². The van der Waals surface area contributed by atoms with Crippen molar-refractivity contribution in [2.75, 3.05) is 11.6 Å². The first-order chi connectivity index (χ1) is 11.2. The quantitative estimate of drug-likeness (QED) is 0.683. The number of nitrogens with one attached hydrogen (secondary N) is 1. The van der Waals surface area contributed by atoms with Crippen LogP contribution in [-0.4, -0.2) is 21.0 Å². The van der Waals surface area contributed by atoms with Gasteiger partial charge in [0.1, 0.15) is 12.4 Å². The van der Waals surface area contributed by atoms with E-state index in [0.29, 0.717) is 0 Å². The second-order valence-electron chi connectivity index (χ2n) is 5.06. The molecular formula is C16H13ClN4S2. The Morgan fingerprint density at radius 2 is 2.04 bits per heavy atom. The van der Waals surface area contributed by atoms with Gasteiger partial charge in [0.15, 0.2) is 0 Å². The number of anilines is 1. The highest BCUT2D eigenvalue weighted by Gasteiger charge is 2.23. The van der Waals surface area contributed by atoms with Gasteiger partial charge < -0.3 is 5.32 Å². The molecule has 1 unspecified atom stereocenters. The van der Waals surface area contributed by atoms with Gasteiger partial charge in [-0.05, 0) is 42.2 Å². The van der Waals surface area contributed by atoms with Crippen LogP contribution in [0.15, 0.2) is 53.7 Å². The van der Waals surface area contributed by atoms with Gasteiger partial charge in [0, 0.05) is 4.90 Å². The van der Waals surface area contributed by atoms with E-state index in [2.05, 4.69) is 52.0 Å². The van der Waals surface area contributed by atoms with Crippen LogP contribution in [0.25, 0.3) is 5.70 Å². The zero-order chi connectivity index (χ0) is 15.8. The van der Waals surface area contributed by atoms with Crippen LogP contribution >= 0.6 is 34.7 Å². The van der Waals surface area contributed by atoms with Gasteiger partial charge in [0.05, 0.1) is 14.9 Å². The molecule has 1 aliphatic rings. The molecule has 3 aromatic rings. The van der Waals surface area contributed by atoms with Crippen molar-refractivity contribution in [3.05, 3.63) is 63.6 Å². The molecule has 23 heavy (non-hydrogen) atoms. The van der Waals surface area contributed by atoms with Gasteiger partial charge in [-0.3, -0.25) is 0 Å². The van der Waals surface area contributed by atoms with E-state index in [-0.39, 0.29) is 6.04 Å². The predicted octanol–water partition coefficient (Wildman–Crippen LogP) is 4.77. The van der Waals surface area contributed by atoms with Gasteiger partial charge in [-0.15, -0.1) is 23.1 Å². The molecule has 0 bridgehead atoms. The van der Waals surface area contributed by atoms with Gasteiger partial charge in [-0.1, -0.05) is 23.7 Å². The zero-order valence-corrected chi connectivity index (χ0v) is 14.6. The van der Waals surface area contributed by atoms with Crippen molar-refractivity contribution in [3.63, 3.8) is 0 Å². The van der Waals surface area contributed by atoms with Gasteiger partial charge in [0.2, 0.25) is 5.95 Å². The van der Waals surface area contributed by atoms with E-state index in [1.165, 1.54) is 10.5 Å². The Morgan fingerprint density at radius 3 is 2.74 bits per heavy atom. The summed E-state index contributed by atoms with van der Waals surface area (Å²) in [6, 6.07) is 12.5. The fourth-order valence-electron chi connectivity index (χ4n) is 2.57. The fourth-order valence-corrected chi connectivity index (χ4v) is 4.01. The monoisotopic (exact) mass is 360 g/mol. The number of thioether (sulfide) groups is 1. The SMILES string of the molecule is CSc1ccc(C2C=C(c3ccc(Cl)s3)Nc3ncnn32)cc1. The average molecular weight is 361 g/mol. The minimum atomic E-state index is 0.0144. The molecular weight excluding hydrogens is 348 g/mol. The molecule has 1 aromatic carbocycles. The molecule has 4 nitrogen and oxygen atoms in total. The second-order valence-corrected chi connectivity index (χ2v) is 7.65. The van der Waals surface area contributed by atoms with Crippen LogP contribution < -0.4 is 5.32 Å². The Balaban J connectivity index is 1.78. The smallest absolute Gasteiger partial charge is 0.226 e. The summed E-state index contributed by atoms with van der Waals surface area (Å²) in [5.74, 6) is 0.742. The Kier molecular flexibility index (Phi) is 3.88. The Bertz CT molecular complexity index is 866. The molecule has 3 heterocycles. The predicted molar refractivity (Wildman–Crippen MR) is 97.3 cm³/mol. The molecule has 0 aliphatic carbocycles. The van der Waals surface area contributed by atoms with Crippen molar-refractivity contribution in [1.82, 2.24) is 14.8 Å². The van der Waals surface area contributed by atoms with Crippen LogP contribution in [0.1, 0.15) is 16.5 Å². The summed E-state index contributed by atoms with van der Waals surface area (Å²) in [7, 11) is 0. The highest BCUT2D eigenvalue weighted by Crippen LogP contribution is 2.35. The van der Waals surface area contributed by atoms with Crippen molar-refractivity contribution >= 4 is 46.3 Å². The number of aromatic nitrogens is 3. The van der Waals surface area contributed by atoms with E-state index < -0.39 is 0 Å². The third-order valence-electron chi connectivity index (χ3n) is 3.70. The van der Waals surface area contributed by atoms with E-state index in [4.69, 9.17) is 11.6 Å². The molecule has 0 saturated heterocycles. The van der Waals surface area contributed by atoms with E-state index in [9.17, 15) is 0 Å². The van der Waals surface area contributed by atoms with E-state index >= 15 is 0 Å². The number of fused-ring (bicyclic) bond motifs is 1. The van der Waals surface area contributed by atoms with Crippen molar-refractivity contribution < 1.29 is 0 Å². The van der Waals surface area contributed by atoms with Gasteiger partial charge in [-0.25, -0.2) is 4.68 Å². The van der Waals surface area contributed by atoms with Crippen LogP contribution in [0, 0.1) is 0 Å². The minimum absolute atomic E-state index is 0.0144. The third-order valence-corrected chi connectivity index (χ3v) is 5.71. The first kappa shape index (κ1) is 14.8. The highest BCUT2D eigenvalue weighted by atomic mass is 35.5. The number of hydrogen-bond acceptors (Lipinski definition) is 5. The number of rotatable bonds is 3. The number of nitrogens with zero attached hydrogens (tertiary/aromatic N) is 3. The topological polar surface area (TPSA) is 42.7 Å². The lowest BCUT2D eigenvalue weighted by molar-refractivity contribution is 0.611. The molecule has 0 radical (unpaired) electrons. The molecule has 0 amide bonds. The normalized spacial score (nSPS) is 16.6. The molecule has 116 valence electrons. The number of thiophene rings is 1. The molecule has 0 spiro atoms. The molecule has 0 fully saturated rings. The maximum atomic E-state index is 6.07. The molecule has 0 saturated carbocycles. The fraction of sp³-hybridized carbons (Fsp3) is 0.125. The largest absolute Gasteiger partial charge is 0.323 e. The summed E-state index contributed by atoms with van der Waals surface area (Å²) in [4.78, 5) is 6.65. The van der Waals surface area contributed by atoms with Crippen molar-refractivity contribution in [1.29, 1.82) is 0 Å². The van der Waals surface area contributed by atoms with Gasteiger partial charge in [0.25, 0.3) is 0 Å². The molecule has 1 atom stereocenters. The highest BCUT2D eigenvalue weighted by molar-refractivity contribution is 7.98. The van der Waals surface area contributed by atoms with Crippen molar-refractivity contribution in [2.24, 2.45) is 0 Å². The summed E-state index contributed by atoms with van der Waals surface area (Å²) >= 11 is 9.36. The molecule has 1 N–H and O–H groups in total. The Labute approximate surface area is 147 Å². The summed E-state index contributed by atoms with van der Waals surface area (Å²) in [5, 5.41) is 7.69. The third kappa shape index (κ3) is 2.78. The summed E-state index contributed by atoms with van der Waals surface area (Å²) in [5.41, 5.74) is 2.19. The summed E-state index contributed by atoms with van der Waals surface area (Å²) < 4.78 is 2.67. The summed E-state index contributed by atoms with van der Waals surface area (Å²) in [6.07, 6.45) is 5.81. The first-order valence-corrected chi connectivity index (χ1v) is 9.44. The van der Waals surface area contributed by atoms with Crippen molar-refractivity contribution in [3.8, 4) is 0 Å². The van der Waals surface area contributed by atoms with E-state index in [1.807, 2.05) is 16.8 Å². The molecule has 4 rings (SSSR count). The van der Waals surface area contributed by atoms with E-state index in [0.717, 1.165) is 20.9 Å². The Morgan fingerprint density at radius 1 is 1.22 bits per heavy atom. The van der Waals surface area contributed by atoms with Crippen molar-refractivity contribution in [2.45, 2.75) is 10.9 Å². The summed E-state index contributed by atoms with van der Waals surface area (Å²) in [6.45, 7) is 0. The van der Waals surface area contributed by atoms with E-state index in [1.54, 1.807) is 29.4 Å². The minimum Gasteiger partial charge on any atom is -0.323 e. The lowest BCUT2D eigenvalue weighted by Gasteiger charge is -2.23. The van der Waals surface area contributed by atoms with Crippen LogP contribution in [0.3, 0.4) is 0 Å². The maximum Gasteiger partial charge on any atom is 0.226 e. The van der Waals surface area contributed by atoms with Gasteiger partial charge in [-0.2, -0.15) is 10.1 Å². The molecule has 1 aliphatic heterocycles. The number of allylic oxidation sites excluding steroid dienone is 1. The maximum absolute atomic E-state index is 6.07. The zero-order valence-electron chi connectivity index (χ0n) is 12.2. The second kappa shape index (κ2) is 6.03. The molecule has 7 heteroatoms. The number of halogens is 1. The van der Waals surface area contributed by atoms with Gasteiger partial charge >= 0.3 is 0 Å². The standard InChI is InChI=1S/C16H13ClN4S2/c1-22-11-4-2-10(3-5-11)13-8-12(14-6-7-15(17)23-14)20-16-18-9-19-21(13)16/h2-9,13H,1H3,(H,18,19,20). The van der Waals surface area contributed by atoms with Crippen LogP contribution in [0.2, 0.25) is 4.34 Å². The lowest BCUT2D eigenvalue weighted by atomic mass is 10.0. The Hall–Kier alpha value is -1.76. The average Bonchev–Trinajstić information content (AvgIpc) is 3.22. The van der Waals surface area contributed by atoms with Crippen LogP contribution in [0.5, 0.6) is 0 Å². The van der Waals surface area contributed by atoms with Crippen LogP contribution in [0.4, 0.5) is 5.95 Å².